The number of rotatable bonds is 5. The number of hydrogen-bond donors (Lipinski definition) is 0. The summed E-state index contributed by atoms with van der Waals surface area (Å²) in [5.74, 6) is 5.26. The van der Waals surface area contributed by atoms with E-state index in [-0.39, 0.29) is 0 Å². The second-order valence-corrected chi connectivity index (χ2v) is 11.2. The Balaban J connectivity index is 1.45. The largest absolute Gasteiger partial charge is 0.0999 e. The molecule has 0 aliphatic heterocycles. The molecule has 0 nitrogen and oxygen atoms in total. The summed E-state index contributed by atoms with van der Waals surface area (Å²) in [5, 5.41) is 0. The van der Waals surface area contributed by atoms with E-state index in [1.165, 1.54) is 56.9 Å². The minimum Gasteiger partial charge on any atom is -0.0999 e. The van der Waals surface area contributed by atoms with Gasteiger partial charge in [0.25, 0.3) is 0 Å². The van der Waals surface area contributed by atoms with Crippen LogP contribution < -0.4 is 0 Å². The molecule has 148 valence electrons. The third-order valence-corrected chi connectivity index (χ3v) is 10.3. The molecule has 0 radical (unpaired) electrons. The first-order valence-corrected chi connectivity index (χ1v) is 12.2. The Morgan fingerprint density at radius 3 is 2.58 bits per heavy atom. The van der Waals surface area contributed by atoms with Gasteiger partial charge in [0, 0.05) is 0 Å². The van der Waals surface area contributed by atoms with Crippen LogP contribution in [0.2, 0.25) is 0 Å². The summed E-state index contributed by atoms with van der Waals surface area (Å²) in [7, 11) is 0. The van der Waals surface area contributed by atoms with Crippen molar-refractivity contribution in [2.24, 2.45) is 40.4 Å². The maximum Gasteiger partial charge on any atom is -0.0261 e. The number of fused-ring (bicyclic) bond motifs is 5. The molecule has 4 aliphatic carbocycles. The summed E-state index contributed by atoms with van der Waals surface area (Å²) < 4.78 is 0. The van der Waals surface area contributed by atoms with Crippen molar-refractivity contribution >= 4 is 0 Å². The molecule has 4 fully saturated rings. The monoisotopic (exact) mass is 356 g/mol. The van der Waals surface area contributed by atoms with Gasteiger partial charge in [0.1, 0.15) is 0 Å². The van der Waals surface area contributed by atoms with Crippen LogP contribution in [0.25, 0.3) is 0 Å². The Morgan fingerprint density at radius 2 is 1.77 bits per heavy atom. The van der Waals surface area contributed by atoms with E-state index in [4.69, 9.17) is 0 Å². The molecule has 0 spiro atoms. The van der Waals surface area contributed by atoms with Gasteiger partial charge in [-0.2, -0.15) is 0 Å². The van der Waals surface area contributed by atoms with Gasteiger partial charge in [-0.25, -0.2) is 0 Å². The zero-order valence-electron chi connectivity index (χ0n) is 18.0. The molecule has 0 amide bonds. The molecule has 26 heavy (non-hydrogen) atoms. The van der Waals surface area contributed by atoms with Crippen LogP contribution in [-0.2, 0) is 0 Å². The van der Waals surface area contributed by atoms with Crippen molar-refractivity contribution in [3.63, 3.8) is 0 Å². The highest BCUT2D eigenvalue weighted by atomic mass is 14.7. The Morgan fingerprint density at radius 1 is 0.923 bits per heavy atom. The first-order chi connectivity index (χ1) is 12.5. The maximum absolute atomic E-state index is 4.23. The van der Waals surface area contributed by atoms with Crippen LogP contribution in [0, 0.1) is 40.4 Å². The van der Waals surface area contributed by atoms with Crippen LogP contribution in [0.3, 0.4) is 0 Å². The Kier molecular flexibility index (Phi) is 5.35. The van der Waals surface area contributed by atoms with Gasteiger partial charge in [0.15, 0.2) is 0 Å². The third-order valence-electron chi connectivity index (χ3n) is 10.3. The minimum absolute atomic E-state index is 0.674. The molecule has 4 aliphatic rings. The van der Waals surface area contributed by atoms with Gasteiger partial charge in [-0.15, -0.1) is 0 Å². The normalized spacial score (nSPS) is 47.7. The summed E-state index contributed by atoms with van der Waals surface area (Å²) in [5.41, 5.74) is 2.83. The predicted octanol–water partition coefficient (Wildman–Crippen LogP) is 8.17. The highest BCUT2D eigenvalue weighted by Crippen LogP contribution is 2.69. The van der Waals surface area contributed by atoms with Gasteiger partial charge in [0.05, 0.1) is 0 Å². The molecule has 0 saturated heterocycles. The van der Waals surface area contributed by atoms with Crippen LogP contribution in [-0.4, -0.2) is 0 Å². The quantitative estimate of drug-likeness (QED) is 0.436. The summed E-state index contributed by atoms with van der Waals surface area (Å²) in [4.78, 5) is 0. The molecule has 7 unspecified atom stereocenters. The van der Waals surface area contributed by atoms with Crippen molar-refractivity contribution in [2.75, 3.05) is 0 Å². The van der Waals surface area contributed by atoms with E-state index in [1.54, 1.807) is 38.5 Å². The van der Waals surface area contributed by atoms with Crippen LogP contribution >= 0.6 is 0 Å². The fourth-order valence-electron chi connectivity index (χ4n) is 8.79. The number of hydrogen-bond acceptors (Lipinski definition) is 0. The molecular weight excluding hydrogens is 312 g/mol. The van der Waals surface area contributed by atoms with Gasteiger partial charge in [-0.1, -0.05) is 45.8 Å². The first-order valence-electron chi connectivity index (χ1n) is 12.2. The SMILES string of the molecule is C=C(CC)CCCC1CCC2C1CCC1C3(C)CCCCC3CCC21C. The molecule has 0 heterocycles. The van der Waals surface area contributed by atoms with E-state index in [2.05, 4.69) is 27.4 Å². The van der Waals surface area contributed by atoms with E-state index in [1.807, 2.05) is 0 Å². The smallest absolute Gasteiger partial charge is 0.0261 e. The zero-order chi connectivity index (χ0) is 18.4. The van der Waals surface area contributed by atoms with Gasteiger partial charge in [-0.3, -0.25) is 0 Å². The summed E-state index contributed by atoms with van der Waals surface area (Å²) in [6.45, 7) is 12.0. The average molecular weight is 357 g/mol. The molecule has 0 aromatic carbocycles. The average Bonchev–Trinajstić information content (AvgIpc) is 3.05. The van der Waals surface area contributed by atoms with E-state index in [9.17, 15) is 0 Å². The van der Waals surface area contributed by atoms with Crippen molar-refractivity contribution in [1.82, 2.24) is 0 Å². The fraction of sp³-hybridized carbons (Fsp3) is 0.923. The van der Waals surface area contributed by atoms with Crippen LogP contribution in [0.5, 0.6) is 0 Å². The van der Waals surface area contributed by atoms with E-state index >= 15 is 0 Å². The van der Waals surface area contributed by atoms with E-state index in [0.29, 0.717) is 10.8 Å². The van der Waals surface area contributed by atoms with Gasteiger partial charge in [0.2, 0.25) is 0 Å². The summed E-state index contributed by atoms with van der Waals surface area (Å²) in [6, 6.07) is 0. The maximum atomic E-state index is 4.23. The topological polar surface area (TPSA) is 0 Å². The Hall–Kier alpha value is -0.260. The lowest BCUT2D eigenvalue weighted by molar-refractivity contribution is -0.142. The van der Waals surface area contributed by atoms with Crippen LogP contribution in [0.4, 0.5) is 0 Å². The molecule has 4 saturated carbocycles. The standard InChI is InChI=1S/C26H44/c1-5-19(2)9-8-10-20-12-14-23-22(20)13-15-24-25(3)17-7-6-11-21(25)16-18-26(23,24)4/h20-24H,2,5-18H2,1,3-4H3. The fourth-order valence-corrected chi connectivity index (χ4v) is 8.79. The summed E-state index contributed by atoms with van der Waals surface area (Å²) >= 11 is 0. The molecule has 0 aromatic rings. The zero-order valence-corrected chi connectivity index (χ0v) is 18.0. The first kappa shape index (κ1) is 19.1. The van der Waals surface area contributed by atoms with Gasteiger partial charge in [-0.05, 0) is 117 Å². The van der Waals surface area contributed by atoms with Crippen molar-refractivity contribution in [3.8, 4) is 0 Å². The van der Waals surface area contributed by atoms with E-state index < -0.39 is 0 Å². The molecule has 0 bridgehead atoms. The highest BCUT2D eigenvalue weighted by Gasteiger charge is 2.60. The second-order valence-electron chi connectivity index (χ2n) is 11.2. The molecule has 0 heteroatoms. The van der Waals surface area contributed by atoms with Crippen molar-refractivity contribution < 1.29 is 0 Å². The van der Waals surface area contributed by atoms with E-state index in [0.717, 1.165) is 29.6 Å². The van der Waals surface area contributed by atoms with Crippen molar-refractivity contribution in [2.45, 2.75) is 111 Å². The van der Waals surface area contributed by atoms with Crippen LogP contribution in [0.15, 0.2) is 12.2 Å². The molecular formula is C26H44. The molecule has 0 aromatic heterocycles. The lowest BCUT2D eigenvalue weighted by Gasteiger charge is -2.63. The van der Waals surface area contributed by atoms with Gasteiger partial charge < -0.3 is 0 Å². The van der Waals surface area contributed by atoms with Gasteiger partial charge >= 0.3 is 0 Å². The Labute approximate surface area is 163 Å². The molecule has 4 rings (SSSR count). The second kappa shape index (κ2) is 7.29. The lowest BCUT2D eigenvalue weighted by Crippen LogP contribution is -2.55. The molecule has 0 N–H and O–H groups in total. The lowest BCUT2D eigenvalue weighted by atomic mass is 9.41. The minimum atomic E-state index is 0.674. The van der Waals surface area contributed by atoms with Crippen LogP contribution in [0.1, 0.15) is 111 Å². The Bertz CT molecular complexity index is 518. The summed E-state index contributed by atoms with van der Waals surface area (Å²) in [6.07, 6.45) is 20.8. The predicted molar refractivity (Wildman–Crippen MR) is 113 cm³/mol. The third kappa shape index (κ3) is 3.02. The highest BCUT2D eigenvalue weighted by molar-refractivity contribution is 5.10. The van der Waals surface area contributed by atoms with Crippen molar-refractivity contribution in [3.05, 3.63) is 12.2 Å². The number of allylic oxidation sites excluding steroid dienone is 1. The van der Waals surface area contributed by atoms with Crippen molar-refractivity contribution in [1.29, 1.82) is 0 Å². The molecule has 7 atom stereocenters.